The number of allylic oxidation sites excluding steroid dienone is 1. The number of rotatable bonds is 14. The second-order valence-electron chi connectivity index (χ2n) is 4.58. The van der Waals surface area contributed by atoms with Crippen LogP contribution in [0.25, 0.3) is 0 Å². The van der Waals surface area contributed by atoms with E-state index < -0.39 is 30.8 Å². The predicted octanol–water partition coefficient (Wildman–Crippen LogP) is 0.810. The number of nitrogens with zero attached hydrogens (tertiary/aromatic N) is 3. The number of hydrogen-bond donors (Lipinski definition) is 2. The summed E-state index contributed by atoms with van der Waals surface area (Å²) in [5, 5.41) is 26.4. The quantitative estimate of drug-likeness (QED) is 0.207. The Bertz CT molecular complexity index is 455. The maximum atomic E-state index is 11.0. The zero-order chi connectivity index (χ0) is 17.8. The number of ketones is 1. The van der Waals surface area contributed by atoms with Crippen LogP contribution in [0.1, 0.15) is 12.8 Å². The van der Waals surface area contributed by atoms with Crippen LogP contribution in [0.5, 0.6) is 0 Å². The average molecular weight is 329 g/mol. The molecule has 0 aliphatic carbocycles. The molecule has 2 N–H and O–H groups in total. The van der Waals surface area contributed by atoms with Crippen LogP contribution in [0.15, 0.2) is 40.5 Å². The molecule has 10 nitrogen and oxygen atoms in total. The lowest BCUT2D eigenvalue weighted by Crippen LogP contribution is -2.43. The monoisotopic (exact) mass is 329 g/mol. The Kier molecular flexibility index (Phi) is 10.1. The molecule has 4 atom stereocenters. The van der Waals surface area contributed by atoms with E-state index in [1.807, 2.05) is 0 Å². The van der Waals surface area contributed by atoms with Crippen molar-refractivity contribution >= 4 is 5.78 Å². The second kappa shape index (κ2) is 11.3. The van der Waals surface area contributed by atoms with Crippen LogP contribution in [-0.4, -0.2) is 53.4 Å². The molecule has 4 unspecified atom stereocenters. The zero-order valence-corrected chi connectivity index (χ0v) is 12.4. The molecular formula is C13H19N3O7. The van der Waals surface area contributed by atoms with E-state index in [0.717, 1.165) is 6.08 Å². The Labute approximate surface area is 132 Å². The number of carbonyl (C=O) groups is 1. The third-order valence-electron chi connectivity index (χ3n) is 3.05. The second-order valence-corrected chi connectivity index (χ2v) is 4.58. The van der Waals surface area contributed by atoms with Gasteiger partial charge in [-0.1, -0.05) is 28.7 Å². The Morgan fingerprint density at radius 3 is 2.22 bits per heavy atom. The molecule has 0 fully saturated rings. The first-order chi connectivity index (χ1) is 11.0. The Hall–Kier alpha value is -2.33. The van der Waals surface area contributed by atoms with Gasteiger partial charge in [0.15, 0.2) is 11.8 Å². The largest absolute Gasteiger partial charge is 0.496 e. The summed E-state index contributed by atoms with van der Waals surface area (Å²) in [4.78, 5) is 43.2. The molecule has 0 aliphatic rings. The summed E-state index contributed by atoms with van der Waals surface area (Å²) in [6, 6.07) is -4.87. The smallest absolute Gasteiger partial charge is 0.155 e. The van der Waals surface area contributed by atoms with Gasteiger partial charge < -0.3 is 14.9 Å². The molecule has 0 spiro atoms. The highest BCUT2D eigenvalue weighted by Gasteiger charge is 2.39. The maximum absolute atomic E-state index is 11.0. The van der Waals surface area contributed by atoms with Crippen LogP contribution in [0, 0.1) is 14.7 Å². The molecule has 0 aliphatic heterocycles. The van der Waals surface area contributed by atoms with Crippen molar-refractivity contribution in [1.29, 1.82) is 0 Å². The number of aliphatic hydroxyl groups is 2. The summed E-state index contributed by atoms with van der Waals surface area (Å²) < 4.78 is 5.08. The molecule has 0 saturated heterocycles. The number of nitroso groups, excluding NO2 is 3. The van der Waals surface area contributed by atoms with Crippen molar-refractivity contribution in [1.82, 2.24) is 0 Å². The molecule has 10 heteroatoms. The predicted molar refractivity (Wildman–Crippen MR) is 81.4 cm³/mol. The summed E-state index contributed by atoms with van der Waals surface area (Å²) in [7, 11) is 0. The maximum Gasteiger partial charge on any atom is 0.155 e. The Morgan fingerprint density at radius 2 is 1.78 bits per heavy atom. The minimum atomic E-state index is -1.72. The summed E-state index contributed by atoms with van der Waals surface area (Å²) in [6.45, 7) is 5.89. The van der Waals surface area contributed by atoms with Gasteiger partial charge in [0.1, 0.15) is 23.9 Å². The van der Waals surface area contributed by atoms with Crippen LogP contribution >= 0.6 is 0 Å². The molecule has 23 heavy (non-hydrogen) atoms. The van der Waals surface area contributed by atoms with Crippen molar-refractivity contribution in [3.8, 4) is 0 Å². The number of hydrogen-bond acceptors (Lipinski definition) is 10. The van der Waals surface area contributed by atoms with Crippen LogP contribution in [0.4, 0.5) is 0 Å². The van der Waals surface area contributed by atoms with Gasteiger partial charge in [-0.15, -0.1) is 0 Å². The summed E-state index contributed by atoms with van der Waals surface area (Å²) in [6.07, 6.45) is -0.0540. The molecule has 128 valence electrons. The van der Waals surface area contributed by atoms with Crippen LogP contribution in [-0.2, 0) is 9.53 Å². The highest BCUT2D eigenvalue weighted by Crippen LogP contribution is 2.19. The number of ether oxygens (including phenoxy) is 1. The van der Waals surface area contributed by atoms with Crippen molar-refractivity contribution < 1.29 is 19.7 Å². The minimum Gasteiger partial charge on any atom is -0.496 e. The van der Waals surface area contributed by atoms with Crippen molar-refractivity contribution in [2.24, 2.45) is 15.5 Å². The fourth-order valence-electron chi connectivity index (χ4n) is 1.70. The van der Waals surface area contributed by atoms with Gasteiger partial charge in [0.2, 0.25) is 0 Å². The SMILES string of the molecule is C=CC(=O)CCCOC(=C)C(O)C(N=O)C(N=O)C(CO)N=O. The normalized spacial score (nSPS) is 15.6. The van der Waals surface area contributed by atoms with E-state index in [1.165, 1.54) is 0 Å². The highest BCUT2D eigenvalue weighted by molar-refractivity contribution is 5.88. The molecule has 0 aromatic carbocycles. The molecule has 0 aromatic rings. The van der Waals surface area contributed by atoms with Crippen molar-refractivity contribution in [2.75, 3.05) is 13.2 Å². The standard InChI is InChI=1S/C13H19N3O7/c1-3-9(18)5-4-6-23-8(2)13(19)12(16-22)11(15-21)10(7-17)14-20/h3,10-13,17,19H,1-2,4-7H2. The van der Waals surface area contributed by atoms with E-state index in [9.17, 15) is 24.6 Å². The molecule has 0 saturated carbocycles. The lowest BCUT2D eigenvalue weighted by atomic mass is 9.97. The van der Waals surface area contributed by atoms with E-state index >= 15 is 0 Å². The zero-order valence-electron chi connectivity index (χ0n) is 12.4. The lowest BCUT2D eigenvalue weighted by molar-refractivity contribution is -0.114. The molecular weight excluding hydrogens is 310 g/mol. The van der Waals surface area contributed by atoms with Crippen molar-refractivity contribution in [3.63, 3.8) is 0 Å². The Balaban J connectivity index is 4.70. The highest BCUT2D eigenvalue weighted by atomic mass is 16.5. The van der Waals surface area contributed by atoms with Gasteiger partial charge in [0.05, 0.1) is 13.2 Å². The first-order valence-electron chi connectivity index (χ1n) is 6.69. The minimum absolute atomic E-state index is 0.0234. The van der Waals surface area contributed by atoms with Gasteiger partial charge >= 0.3 is 0 Å². The Morgan fingerprint density at radius 1 is 1.17 bits per heavy atom. The first-order valence-corrected chi connectivity index (χ1v) is 6.69. The molecule has 0 bridgehead atoms. The van der Waals surface area contributed by atoms with Gasteiger partial charge in [-0.05, 0) is 12.5 Å². The van der Waals surface area contributed by atoms with Crippen molar-refractivity contribution in [2.45, 2.75) is 37.1 Å². The number of aliphatic hydroxyl groups excluding tert-OH is 2. The van der Waals surface area contributed by atoms with Gasteiger partial charge in [0, 0.05) is 6.42 Å². The summed E-state index contributed by atoms with van der Waals surface area (Å²) in [5.41, 5.74) is 0. The lowest BCUT2D eigenvalue weighted by Gasteiger charge is -2.23. The topological polar surface area (TPSA) is 155 Å². The molecule has 0 amide bonds. The molecule has 0 heterocycles. The van der Waals surface area contributed by atoms with Gasteiger partial charge in [-0.3, -0.25) is 4.79 Å². The van der Waals surface area contributed by atoms with E-state index in [2.05, 4.69) is 28.7 Å². The fourth-order valence-corrected chi connectivity index (χ4v) is 1.70. The average Bonchev–Trinajstić information content (AvgIpc) is 2.57. The van der Waals surface area contributed by atoms with E-state index in [-0.39, 0.29) is 24.6 Å². The third kappa shape index (κ3) is 6.53. The van der Waals surface area contributed by atoms with Crippen LogP contribution in [0.3, 0.4) is 0 Å². The van der Waals surface area contributed by atoms with Gasteiger partial charge in [0.25, 0.3) is 0 Å². The van der Waals surface area contributed by atoms with Gasteiger partial charge in [-0.2, -0.15) is 14.7 Å². The van der Waals surface area contributed by atoms with E-state index in [0.29, 0.717) is 6.42 Å². The third-order valence-corrected chi connectivity index (χ3v) is 3.05. The fraction of sp³-hybridized carbons (Fsp3) is 0.615. The molecule has 0 aromatic heterocycles. The van der Waals surface area contributed by atoms with Crippen LogP contribution in [0.2, 0.25) is 0 Å². The number of carbonyl (C=O) groups excluding carboxylic acids is 1. The first kappa shape index (κ1) is 20.7. The summed E-state index contributed by atoms with van der Waals surface area (Å²) in [5.74, 6) is -0.461. The van der Waals surface area contributed by atoms with Crippen LogP contribution < -0.4 is 0 Å². The summed E-state index contributed by atoms with van der Waals surface area (Å²) >= 11 is 0. The van der Waals surface area contributed by atoms with Crippen molar-refractivity contribution in [3.05, 3.63) is 39.7 Å². The van der Waals surface area contributed by atoms with E-state index in [1.54, 1.807) is 0 Å². The van der Waals surface area contributed by atoms with E-state index in [4.69, 9.17) is 9.84 Å². The van der Waals surface area contributed by atoms with Gasteiger partial charge in [-0.25, -0.2) is 0 Å². The molecule has 0 rings (SSSR count). The molecule has 0 radical (unpaired) electrons.